The van der Waals surface area contributed by atoms with Gasteiger partial charge in [-0.05, 0) is 0 Å². The van der Waals surface area contributed by atoms with E-state index in [9.17, 15) is 52.7 Å². The van der Waals surface area contributed by atoms with Gasteiger partial charge in [0.2, 0.25) is 0 Å². The van der Waals surface area contributed by atoms with Crippen LogP contribution in [0.25, 0.3) is 0 Å². The molecule has 140 valence electrons. The summed E-state index contributed by atoms with van der Waals surface area (Å²) in [4.78, 5) is 0. The zero-order valence-corrected chi connectivity index (χ0v) is 12.0. The highest BCUT2D eigenvalue weighted by molar-refractivity contribution is 8.07. The van der Waals surface area contributed by atoms with Crippen LogP contribution < -0.4 is 0 Å². The molecular formula is C8H6F12OS2. The van der Waals surface area contributed by atoms with Gasteiger partial charge in [-0.25, -0.2) is 3.63 Å². The van der Waals surface area contributed by atoms with Crippen LogP contribution in [0.3, 0.4) is 0 Å². The minimum absolute atomic E-state index is 0.533. The molecule has 15 heteroatoms. The van der Waals surface area contributed by atoms with Crippen molar-refractivity contribution >= 4 is 24.1 Å². The van der Waals surface area contributed by atoms with Gasteiger partial charge in [-0.3, -0.25) is 0 Å². The quantitative estimate of drug-likeness (QED) is 0.312. The van der Waals surface area contributed by atoms with E-state index in [0.29, 0.717) is 0 Å². The van der Waals surface area contributed by atoms with E-state index in [0.717, 1.165) is 0 Å². The van der Waals surface area contributed by atoms with Crippen LogP contribution in [0.15, 0.2) is 0 Å². The van der Waals surface area contributed by atoms with Crippen LogP contribution in [-0.2, 0) is 3.63 Å². The van der Waals surface area contributed by atoms with Gasteiger partial charge in [0.1, 0.15) is 0 Å². The van der Waals surface area contributed by atoms with E-state index in [4.69, 9.17) is 0 Å². The Bertz CT molecular complexity index is 294. The maximum absolute atomic E-state index is 12.1. The molecule has 0 N–H and O–H groups in total. The van der Waals surface area contributed by atoms with Crippen LogP contribution in [-0.4, -0.2) is 36.2 Å². The van der Waals surface area contributed by atoms with E-state index >= 15 is 0 Å². The van der Waals surface area contributed by atoms with E-state index in [2.05, 4.69) is 3.63 Å². The van der Waals surface area contributed by atoms with Gasteiger partial charge in [0, 0.05) is 35.6 Å². The summed E-state index contributed by atoms with van der Waals surface area (Å²) >= 11 is -1.07. The molecule has 0 fully saturated rings. The summed E-state index contributed by atoms with van der Waals surface area (Å²) in [5, 5.41) is 0. The van der Waals surface area contributed by atoms with Crippen molar-refractivity contribution in [1.82, 2.24) is 0 Å². The largest absolute Gasteiger partial charge is 0.401 e. The van der Waals surface area contributed by atoms with Gasteiger partial charge in [0.05, 0.1) is 0 Å². The normalized spacial score (nSPS) is 14.9. The van der Waals surface area contributed by atoms with Crippen molar-refractivity contribution in [2.24, 2.45) is 11.8 Å². The molecule has 0 rings (SSSR count). The highest BCUT2D eigenvalue weighted by atomic mass is 32.2. The summed E-state index contributed by atoms with van der Waals surface area (Å²) in [7, 11) is 0. The Morgan fingerprint density at radius 3 is 0.913 bits per heavy atom. The van der Waals surface area contributed by atoms with Crippen molar-refractivity contribution in [1.29, 1.82) is 0 Å². The summed E-state index contributed by atoms with van der Waals surface area (Å²) in [5.74, 6) is -11.2. The molecule has 0 aromatic carbocycles. The molecule has 0 saturated heterocycles. The molecule has 0 atom stereocenters. The van der Waals surface area contributed by atoms with Gasteiger partial charge < -0.3 is 0 Å². The molecule has 0 amide bonds. The first-order valence-corrected chi connectivity index (χ1v) is 6.97. The Kier molecular flexibility index (Phi) is 7.74. The fourth-order valence-electron chi connectivity index (χ4n) is 0.975. The molecule has 0 saturated carbocycles. The van der Waals surface area contributed by atoms with Crippen LogP contribution >= 0.6 is 24.1 Å². The Balaban J connectivity index is 4.46. The molecule has 0 unspecified atom stereocenters. The van der Waals surface area contributed by atoms with Gasteiger partial charge in [0.25, 0.3) is 0 Å². The Morgan fingerprint density at radius 1 is 0.522 bits per heavy atom. The zero-order valence-electron chi connectivity index (χ0n) is 10.3. The average molecular weight is 410 g/mol. The smallest absolute Gasteiger partial charge is 0.247 e. The van der Waals surface area contributed by atoms with Crippen LogP contribution in [0.1, 0.15) is 0 Å². The van der Waals surface area contributed by atoms with Gasteiger partial charge >= 0.3 is 24.7 Å². The molecule has 0 bridgehead atoms. The lowest BCUT2D eigenvalue weighted by Crippen LogP contribution is -2.38. The van der Waals surface area contributed by atoms with Gasteiger partial charge in [-0.2, -0.15) is 52.7 Å². The lowest BCUT2D eigenvalue weighted by molar-refractivity contribution is -0.277. The van der Waals surface area contributed by atoms with Crippen molar-refractivity contribution in [3.8, 4) is 0 Å². The summed E-state index contributed by atoms with van der Waals surface area (Å²) < 4.78 is 149. The fourth-order valence-corrected chi connectivity index (χ4v) is 2.72. The van der Waals surface area contributed by atoms with Crippen molar-refractivity contribution < 1.29 is 56.3 Å². The molecule has 0 aliphatic rings. The molecule has 23 heavy (non-hydrogen) atoms. The third-order valence-electron chi connectivity index (χ3n) is 2.15. The number of rotatable bonds is 6. The van der Waals surface area contributed by atoms with E-state index in [1.54, 1.807) is 0 Å². The molecule has 0 aromatic heterocycles. The third-order valence-corrected chi connectivity index (χ3v) is 3.85. The van der Waals surface area contributed by atoms with E-state index in [1.807, 2.05) is 0 Å². The summed E-state index contributed by atoms with van der Waals surface area (Å²) in [5.41, 5.74) is 0. The molecule has 0 heterocycles. The maximum Gasteiger partial charge on any atom is 0.401 e. The highest BCUT2D eigenvalue weighted by Crippen LogP contribution is 2.43. The standard InChI is InChI=1S/C8H6F12OS2/c9-5(10,11)3(6(12,13)14)1-22-21-23-2-4(7(15,16)17)8(18,19)20/h3-4H,1-2H2. The summed E-state index contributed by atoms with van der Waals surface area (Å²) in [6, 6.07) is 0. The van der Waals surface area contributed by atoms with Crippen molar-refractivity contribution in [2.75, 3.05) is 11.5 Å². The van der Waals surface area contributed by atoms with E-state index in [-0.39, 0.29) is 0 Å². The molecular weight excluding hydrogens is 404 g/mol. The second-order valence-corrected chi connectivity index (χ2v) is 5.59. The Morgan fingerprint density at radius 2 is 0.739 bits per heavy atom. The lowest BCUT2D eigenvalue weighted by Gasteiger charge is -2.23. The number of hydrogen-bond donors (Lipinski definition) is 0. The molecule has 0 spiro atoms. The molecule has 1 nitrogen and oxygen atoms in total. The summed E-state index contributed by atoms with van der Waals surface area (Å²) in [6.45, 7) is 0. The first-order chi connectivity index (χ1) is 9.97. The zero-order chi connectivity index (χ0) is 18.7. The molecule has 0 aliphatic carbocycles. The number of alkyl halides is 12. The van der Waals surface area contributed by atoms with Crippen molar-refractivity contribution in [3.63, 3.8) is 0 Å². The first-order valence-electron chi connectivity index (χ1n) is 5.15. The number of halogens is 12. The average Bonchev–Trinajstić information content (AvgIpc) is 2.19. The highest BCUT2D eigenvalue weighted by Gasteiger charge is 2.57. The molecule has 0 aromatic rings. The van der Waals surface area contributed by atoms with Gasteiger partial charge in [-0.15, -0.1) is 0 Å². The monoisotopic (exact) mass is 410 g/mol. The minimum atomic E-state index is -5.68. The summed E-state index contributed by atoms with van der Waals surface area (Å²) in [6.07, 6.45) is -22.7. The molecule has 0 radical (unpaired) electrons. The third kappa shape index (κ3) is 8.47. The Hall–Kier alpha value is -0.180. The van der Waals surface area contributed by atoms with E-state index in [1.165, 1.54) is 0 Å². The Labute approximate surface area is 129 Å². The predicted molar refractivity (Wildman–Crippen MR) is 57.2 cm³/mol. The number of hydrogen-bond acceptors (Lipinski definition) is 3. The topological polar surface area (TPSA) is 9.23 Å². The lowest BCUT2D eigenvalue weighted by atomic mass is 10.1. The maximum atomic E-state index is 12.1. The van der Waals surface area contributed by atoms with Crippen LogP contribution in [0, 0.1) is 11.8 Å². The fraction of sp³-hybridized carbons (Fsp3) is 1.00. The SMILES string of the molecule is FC(F)(F)C(CSOSCC(C(F)(F)F)C(F)(F)F)C(F)(F)F. The second-order valence-electron chi connectivity index (χ2n) is 3.91. The predicted octanol–water partition coefficient (Wildman–Crippen LogP) is 5.78. The van der Waals surface area contributed by atoms with E-state index < -0.39 is 72.1 Å². The van der Waals surface area contributed by atoms with Gasteiger partial charge in [-0.1, -0.05) is 0 Å². The molecule has 0 aliphatic heterocycles. The van der Waals surface area contributed by atoms with Crippen LogP contribution in [0.4, 0.5) is 52.7 Å². The van der Waals surface area contributed by atoms with Crippen LogP contribution in [0.5, 0.6) is 0 Å². The van der Waals surface area contributed by atoms with Crippen molar-refractivity contribution in [2.45, 2.75) is 24.7 Å². The first kappa shape index (κ1) is 22.8. The van der Waals surface area contributed by atoms with Crippen LogP contribution in [0.2, 0.25) is 0 Å². The van der Waals surface area contributed by atoms with Gasteiger partial charge in [0.15, 0.2) is 11.8 Å². The second kappa shape index (κ2) is 7.80. The minimum Gasteiger partial charge on any atom is -0.247 e. The van der Waals surface area contributed by atoms with Crippen molar-refractivity contribution in [3.05, 3.63) is 0 Å².